The van der Waals surface area contributed by atoms with E-state index < -0.39 is 5.63 Å². The maximum atomic E-state index is 12.7. The fraction of sp³-hybridized carbons (Fsp3) is 0.423. The van der Waals surface area contributed by atoms with Crippen LogP contribution in [0.3, 0.4) is 0 Å². The second kappa shape index (κ2) is 12.7. The molecule has 1 aromatic carbocycles. The first-order chi connectivity index (χ1) is 15.0. The molecule has 0 atom stereocenters. The van der Waals surface area contributed by atoms with Gasteiger partial charge in [0.2, 0.25) is 5.75 Å². The molecular formula is C26H34O5. The number of para-hydroxylation sites is 1. The lowest BCUT2D eigenvalue weighted by molar-refractivity contribution is 0.275. The Morgan fingerprint density at radius 3 is 2.55 bits per heavy atom. The van der Waals surface area contributed by atoms with Crippen molar-refractivity contribution in [2.75, 3.05) is 20.3 Å². The van der Waals surface area contributed by atoms with Crippen LogP contribution in [0.15, 0.2) is 62.9 Å². The molecule has 0 unspecified atom stereocenters. The molecule has 31 heavy (non-hydrogen) atoms. The normalized spacial score (nSPS) is 11.7. The number of ether oxygens (including phenoxy) is 3. The van der Waals surface area contributed by atoms with Gasteiger partial charge < -0.3 is 18.6 Å². The predicted molar refractivity (Wildman–Crippen MR) is 126 cm³/mol. The molecule has 0 aliphatic heterocycles. The third-order valence-electron chi connectivity index (χ3n) is 4.71. The van der Waals surface area contributed by atoms with Gasteiger partial charge in [-0.3, -0.25) is 0 Å². The Kier molecular flexibility index (Phi) is 9.95. The van der Waals surface area contributed by atoms with Gasteiger partial charge in [-0.1, -0.05) is 42.4 Å². The number of hydrogen-bond acceptors (Lipinski definition) is 5. The van der Waals surface area contributed by atoms with Crippen LogP contribution in [0.2, 0.25) is 0 Å². The van der Waals surface area contributed by atoms with Crippen molar-refractivity contribution >= 4 is 11.0 Å². The number of hydrogen-bond donors (Lipinski definition) is 0. The minimum Gasteiger partial charge on any atom is -0.493 e. The first-order valence-corrected chi connectivity index (χ1v) is 10.8. The molecule has 1 aromatic heterocycles. The summed E-state index contributed by atoms with van der Waals surface area (Å²) in [4.78, 5) is 12.7. The Labute approximate surface area is 185 Å². The van der Waals surface area contributed by atoms with Gasteiger partial charge >= 0.3 is 5.63 Å². The first kappa shape index (κ1) is 24.3. The maximum absolute atomic E-state index is 12.7. The average Bonchev–Trinajstić information content (AvgIpc) is 2.74. The van der Waals surface area contributed by atoms with Gasteiger partial charge in [0, 0.05) is 0 Å². The van der Waals surface area contributed by atoms with Crippen molar-refractivity contribution in [1.29, 1.82) is 0 Å². The van der Waals surface area contributed by atoms with E-state index in [-0.39, 0.29) is 5.75 Å². The molecule has 0 aliphatic carbocycles. The summed E-state index contributed by atoms with van der Waals surface area (Å²) in [5.41, 5.74) is 2.33. The molecular weight excluding hydrogens is 392 g/mol. The molecule has 0 amide bonds. The lowest BCUT2D eigenvalue weighted by Gasteiger charge is -2.14. The number of allylic oxidation sites excluding steroid dienone is 4. The molecule has 0 fully saturated rings. The molecule has 5 nitrogen and oxygen atoms in total. The van der Waals surface area contributed by atoms with E-state index in [2.05, 4.69) is 39.8 Å². The second-order valence-electron chi connectivity index (χ2n) is 7.58. The van der Waals surface area contributed by atoms with Crippen molar-refractivity contribution < 1.29 is 18.6 Å². The minimum absolute atomic E-state index is 0.0984. The van der Waals surface area contributed by atoms with E-state index in [9.17, 15) is 4.79 Å². The Bertz CT molecular complexity index is 991. The van der Waals surface area contributed by atoms with Gasteiger partial charge in [0.05, 0.1) is 19.1 Å². The zero-order chi connectivity index (χ0) is 22.6. The van der Waals surface area contributed by atoms with Crippen LogP contribution in [0.4, 0.5) is 0 Å². The number of fused-ring (bicyclic) bond motifs is 1. The van der Waals surface area contributed by atoms with Crippen molar-refractivity contribution in [3.8, 4) is 17.2 Å². The van der Waals surface area contributed by atoms with Crippen molar-refractivity contribution in [2.24, 2.45) is 0 Å². The maximum Gasteiger partial charge on any atom is 0.383 e. The molecule has 2 aromatic rings. The summed E-state index contributed by atoms with van der Waals surface area (Å²) in [5.74, 6) is 0.963. The van der Waals surface area contributed by atoms with Crippen LogP contribution >= 0.6 is 0 Å². The van der Waals surface area contributed by atoms with Gasteiger partial charge in [0.1, 0.15) is 6.61 Å². The summed E-state index contributed by atoms with van der Waals surface area (Å²) in [6, 6.07) is 5.42. The summed E-state index contributed by atoms with van der Waals surface area (Å²) < 4.78 is 22.7. The third-order valence-corrected chi connectivity index (χ3v) is 4.71. The van der Waals surface area contributed by atoms with E-state index in [4.69, 9.17) is 18.6 Å². The van der Waals surface area contributed by atoms with E-state index in [0.717, 1.165) is 19.3 Å². The summed E-state index contributed by atoms with van der Waals surface area (Å²) in [6.07, 6.45) is 12.0. The van der Waals surface area contributed by atoms with Crippen LogP contribution in [0.5, 0.6) is 17.2 Å². The van der Waals surface area contributed by atoms with E-state index in [1.807, 2.05) is 24.3 Å². The minimum atomic E-state index is -0.573. The summed E-state index contributed by atoms with van der Waals surface area (Å²) in [7, 11) is 1.54. The highest BCUT2D eigenvalue weighted by atomic mass is 16.5. The molecule has 1 heterocycles. The lowest BCUT2D eigenvalue weighted by atomic mass is 10.1. The Hall–Kier alpha value is -2.95. The number of methoxy groups -OCH3 is 1. The smallest absolute Gasteiger partial charge is 0.383 e. The van der Waals surface area contributed by atoms with Gasteiger partial charge in [-0.2, -0.15) is 0 Å². The Morgan fingerprint density at radius 2 is 1.84 bits per heavy atom. The molecule has 0 N–H and O–H groups in total. The monoisotopic (exact) mass is 426 g/mol. The molecule has 0 bridgehead atoms. The van der Waals surface area contributed by atoms with Crippen LogP contribution < -0.4 is 19.8 Å². The van der Waals surface area contributed by atoms with Crippen molar-refractivity contribution in [2.45, 2.75) is 53.4 Å². The zero-order valence-electron chi connectivity index (χ0n) is 19.3. The predicted octanol–water partition coefficient (Wildman–Crippen LogP) is 6.61. The van der Waals surface area contributed by atoms with Crippen molar-refractivity contribution in [3.05, 3.63) is 64.1 Å². The van der Waals surface area contributed by atoms with Crippen molar-refractivity contribution in [3.63, 3.8) is 0 Å². The van der Waals surface area contributed by atoms with E-state index in [1.165, 1.54) is 11.1 Å². The van der Waals surface area contributed by atoms with E-state index in [1.54, 1.807) is 13.2 Å². The van der Waals surface area contributed by atoms with E-state index >= 15 is 0 Å². The number of benzene rings is 1. The van der Waals surface area contributed by atoms with Crippen LogP contribution in [0.1, 0.15) is 53.4 Å². The SMILES string of the molecule is CCC=CCCOc1c(OCC=C(C)CCC=C(C)C)c2cccc(OC)c2oc1=O. The summed E-state index contributed by atoms with van der Waals surface area (Å²) in [5, 5.41) is 0.647. The molecule has 0 radical (unpaired) electrons. The molecule has 0 saturated carbocycles. The lowest BCUT2D eigenvalue weighted by Crippen LogP contribution is -2.11. The van der Waals surface area contributed by atoms with E-state index in [0.29, 0.717) is 42.1 Å². The fourth-order valence-electron chi connectivity index (χ4n) is 3.05. The molecule has 0 saturated heterocycles. The standard InChI is InChI=1S/C26H34O5/c1-6-7-8-9-17-29-25-24(30-18-16-20(4)13-10-12-19(2)3)21-14-11-15-22(28-5)23(21)31-26(25)27/h7-8,11-12,14-16H,6,9-10,13,17-18H2,1-5H3. The van der Waals surface area contributed by atoms with Crippen LogP contribution in [0, 0.1) is 0 Å². The highest BCUT2D eigenvalue weighted by molar-refractivity contribution is 5.89. The van der Waals surface area contributed by atoms with Gasteiger partial charge in [-0.25, -0.2) is 4.79 Å². The molecule has 168 valence electrons. The molecule has 2 rings (SSSR count). The van der Waals surface area contributed by atoms with Gasteiger partial charge in [-0.05, 0) is 64.7 Å². The number of rotatable bonds is 12. The quantitative estimate of drug-likeness (QED) is 0.217. The molecule has 0 spiro atoms. The van der Waals surface area contributed by atoms with Gasteiger partial charge in [0.15, 0.2) is 17.1 Å². The Balaban J connectivity index is 2.29. The third kappa shape index (κ3) is 7.35. The second-order valence-corrected chi connectivity index (χ2v) is 7.58. The zero-order valence-corrected chi connectivity index (χ0v) is 19.3. The van der Waals surface area contributed by atoms with Gasteiger partial charge in [-0.15, -0.1) is 0 Å². The summed E-state index contributed by atoms with van der Waals surface area (Å²) >= 11 is 0. The average molecular weight is 427 g/mol. The highest BCUT2D eigenvalue weighted by Crippen LogP contribution is 2.36. The fourth-order valence-corrected chi connectivity index (χ4v) is 3.05. The van der Waals surface area contributed by atoms with Gasteiger partial charge in [0.25, 0.3) is 0 Å². The molecule has 0 aliphatic rings. The van der Waals surface area contributed by atoms with Crippen molar-refractivity contribution in [1.82, 2.24) is 0 Å². The largest absolute Gasteiger partial charge is 0.493 e. The topological polar surface area (TPSA) is 57.9 Å². The first-order valence-electron chi connectivity index (χ1n) is 10.8. The van der Waals surface area contributed by atoms with Crippen LogP contribution in [0.25, 0.3) is 11.0 Å². The van der Waals surface area contributed by atoms with Crippen LogP contribution in [-0.2, 0) is 0 Å². The molecule has 5 heteroatoms. The van der Waals surface area contributed by atoms with Crippen LogP contribution in [-0.4, -0.2) is 20.3 Å². The highest BCUT2D eigenvalue weighted by Gasteiger charge is 2.19. The Morgan fingerprint density at radius 1 is 1.03 bits per heavy atom. The summed E-state index contributed by atoms with van der Waals surface area (Å²) in [6.45, 7) is 9.06.